The molecule has 1 atom stereocenters. The van der Waals surface area contributed by atoms with Gasteiger partial charge in [-0.05, 0) is 30.2 Å². The van der Waals surface area contributed by atoms with Crippen molar-refractivity contribution in [3.05, 3.63) is 53.7 Å². The maximum Gasteiger partial charge on any atom is 0.257 e. The second kappa shape index (κ2) is 6.18. The third-order valence-corrected chi connectivity index (χ3v) is 4.60. The number of rotatable bonds is 3. The van der Waals surface area contributed by atoms with Crippen molar-refractivity contribution in [3.63, 3.8) is 0 Å². The van der Waals surface area contributed by atoms with Crippen LogP contribution in [0.1, 0.15) is 28.4 Å². The van der Waals surface area contributed by atoms with Crippen LogP contribution in [0.2, 0.25) is 0 Å². The zero-order chi connectivity index (χ0) is 14.7. The molecule has 5 heteroatoms. The maximum atomic E-state index is 12.5. The summed E-state index contributed by atoms with van der Waals surface area (Å²) in [7, 11) is 1.52. The van der Waals surface area contributed by atoms with Crippen LogP contribution in [0.15, 0.2) is 47.5 Å². The van der Waals surface area contributed by atoms with Gasteiger partial charge < -0.3 is 10.1 Å². The molecule has 0 saturated heterocycles. The van der Waals surface area contributed by atoms with Gasteiger partial charge in [-0.2, -0.15) is 0 Å². The molecule has 108 valence electrons. The van der Waals surface area contributed by atoms with Crippen LogP contribution in [0.25, 0.3) is 0 Å². The Balaban J connectivity index is 1.83. The summed E-state index contributed by atoms with van der Waals surface area (Å²) >= 11 is 1.83. The van der Waals surface area contributed by atoms with Crippen LogP contribution in [0, 0.1) is 0 Å². The summed E-state index contributed by atoms with van der Waals surface area (Å²) in [5.74, 6) is 1.21. The molecule has 1 N–H and O–H groups in total. The number of methoxy groups -OCH3 is 1. The van der Waals surface area contributed by atoms with E-state index in [-0.39, 0.29) is 11.9 Å². The number of fused-ring (bicyclic) bond motifs is 1. The van der Waals surface area contributed by atoms with Crippen LogP contribution < -0.4 is 10.1 Å². The summed E-state index contributed by atoms with van der Waals surface area (Å²) in [5.41, 5.74) is 1.65. The zero-order valence-electron chi connectivity index (χ0n) is 11.7. The van der Waals surface area contributed by atoms with Crippen LogP contribution in [0.4, 0.5) is 0 Å². The number of pyridine rings is 1. The molecular weight excluding hydrogens is 284 g/mol. The van der Waals surface area contributed by atoms with Gasteiger partial charge in [0.2, 0.25) is 5.88 Å². The molecule has 3 rings (SSSR count). The first kappa shape index (κ1) is 13.9. The Morgan fingerprint density at radius 1 is 1.33 bits per heavy atom. The van der Waals surface area contributed by atoms with Gasteiger partial charge in [-0.25, -0.2) is 4.98 Å². The first-order chi connectivity index (χ1) is 10.3. The average molecular weight is 300 g/mol. The lowest BCUT2D eigenvalue weighted by atomic mass is 10.0. The molecule has 2 aromatic rings. The topological polar surface area (TPSA) is 51.2 Å². The second-order valence-corrected chi connectivity index (χ2v) is 5.90. The summed E-state index contributed by atoms with van der Waals surface area (Å²) in [6, 6.07) is 11.7. The quantitative estimate of drug-likeness (QED) is 0.946. The van der Waals surface area contributed by atoms with Crippen LogP contribution in [0.3, 0.4) is 0 Å². The van der Waals surface area contributed by atoms with Gasteiger partial charge in [0.1, 0.15) is 5.56 Å². The molecule has 0 aliphatic carbocycles. The summed E-state index contributed by atoms with van der Waals surface area (Å²) < 4.78 is 5.15. The molecular formula is C16H16N2O2S. The van der Waals surface area contributed by atoms with E-state index >= 15 is 0 Å². The van der Waals surface area contributed by atoms with E-state index in [2.05, 4.69) is 22.4 Å². The largest absolute Gasteiger partial charge is 0.480 e. The highest BCUT2D eigenvalue weighted by atomic mass is 32.2. The number of carbonyl (C=O) groups excluding carboxylic acids is 1. The van der Waals surface area contributed by atoms with Gasteiger partial charge >= 0.3 is 0 Å². The Bertz CT molecular complexity index is 660. The summed E-state index contributed by atoms with van der Waals surface area (Å²) in [5, 5.41) is 3.09. The normalized spacial score (nSPS) is 16.9. The number of ether oxygens (including phenoxy) is 1. The number of benzene rings is 1. The number of aromatic nitrogens is 1. The first-order valence-corrected chi connectivity index (χ1v) is 7.79. The molecule has 0 spiro atoms. The van der Waals surface area contributed by atoms with Crippen molar-refractivity contribution >= 4 is 17.7 Å². The van der Waals surface area contributed by atoms with Crippen molar-refractivity contribution in [2.45, 2.75) is 17.4 Å². The molecule has 0 radical (unpaired) electrons. The fraction of sp³-hybridized carbons (Fsp3) is 0.250. The highest BCUT2D eigenvalue weighted by Crippen LogP contribution is 2.36. The van der Waals surface area contributed by atoms with E-state index in [1.54, 1.807) is 18.3 Å². The third kappa shape index (κ3) is 2.88. The molecule has 4 nitrogen and oxygen atoms in total. The fourth-order valence-corrected chi connectivity index (χ4v) is 3.58. The van der Waals surface area contributed by atoms with Crippen LogP contribution in [-0.4, -0.2) is 23.8 Å². The Morgan fingerprint density at radius 2 is 2.19 bits per heavy atom. The lowest BCUT2D eigenvalue weighted by molar-refractivity contribution is 0.0931. The summed E-state index contributed by atoms with van der Waals surface area (Å²) in [6.45, 7) is 0. The average Bonchev–Trinajstić information content (AvgIpc) is 2.55. The van der Waals surface area contributed by atoms with E-state index in [1.165, 1.54) is 17.6 Å². The zero-order valence-corrected chi connectivity index (χ0v) is 12.5. The number of nitrogens with zero attached hydrogens (tertiary/aromatic N) is 1. The highest BCUT2D eigenvalue weighted by Gasteiger charge is 2.23. The number of nitrogens with one attached hydrogen (secondary N) is 1. The van der Waals surface area contributed by atoms with Gasteiger partial charge in [0.15, 0.2) is 0 Å². The predicted octanol–water partition coefficient (Wildman–Crippen LogP) is 3.06. The van der Waals surface area contributed by atoms with Crippen molar-refractivity contribution in [2.24, 2.45) is 0 Å². The Morgan fingerprint density at radius 3 is 3.05 bits per heavy atom. The van der Waals surface area contributed by atoms with Crippen LogP contribution in [0.5, 0.6) is 5.88 Å². The van der Waals surface area contributed by atoms with E-state index in [4.69, 9.17) is 4.74 Å². The standard InChI is InChI=1S/C16H16N2O2S/c1-20-16-12(6-4-9-17-16)15(19)18-13-8-10-21-14-7-3-2-5-11(13)14/h2-7,9,13H,8,10H2,1H3,(H,18,19). The number of thioether (sulfide) groups is 1. The molecule has 1 aromatic carbocycles. The maximum absolute atomic E-state index is 12.5. The molecule has 0 fully saturated rings. The fourth-order valence-electron chi connectivity index (χ4n) is 2.45. The van der Waals surface area contributed by atoms with E-state index in [9.17, 15) is 4.79 Å². The van der Waals surface area contributed by atoms with Crippen LogP contribution in [-0.2, 0) is 0 Å². The third-order valence-electron chi connectivity index (χ3n) is 3.47. The minimum absolute atomic E-state index is 0.0415. The number of hydrogen-bond acceptors (Lipinski definition) is 4. The summed E-state index contributed by atoms with van der Waals surface area (Å²) in [6.07, 6.45) is 2.54. The summed E-state index contributed by atoms with van der Waals surface area (Å²) in [4.78, 5) is 17.8. The van der Waals surface area contributed by atoms with Crippen molar-refractivity contribution in [1.29, 1.82) is 0 Å². The Labute approximate surface area is 127 Å². The van der Waals surface area contributed by atoms with E-state index < -0.39 is 0 Å². The minimum Gasteiger partial charge on any atom is -0.480 e. The van der Waals surface area contributed by atoms with Gasteiger partial charge in [-0.1, -0.05) is 18.2 Å². The van der Waals surface area contributed by atoms with Gasteiger partial charge in [0.25, 0.3) is 5.91 Å². The highest BCUT2D eigenvalue weighted by molar-refractivity contribution is 7.99. The molecule has 21 heavy (non-hydrogen) atoms. The van der Waals surface area contributed by atoms with Crippen molar-refractivity contribution < 1.29 is 9.53 Å². The Hall–Kier alpha value is -2.01. The van der Waals surface area contributed by atoms with Crippen molar-refractivity contribution in [1.82, 2.24) is 10.3 Å². The minimum atomic E-state index is -0.147. The molecule has 1 aromatic heterocycles. The van der Waals surface area contributed by atoms with Gasteiger partial charge in [0, 0.05) is 16.8 Å². The SMILES string of the molecule is COc1ncccc1C(=O)NC1CCSc2ccccc21. The van der Waals surface area contributed by atoms with E-state index in [1.807, 2.05) is 23.9 Å². The Kier molecular flexibility index (Phi) is 4.10. The van der Waals surface area contributed by atoms with Gasteiger partial charge in [0.05, 0.1) is 13.2 Å². The van der Waals surface area contributed by atoms with E-state index in [0.29, 0.717) is 11.4 Å². The lowest BCUT2D eigenvalue weighted by Gasteiger charge is -2.26. The van der Waals surface area contributed by atoms with Crippen molar-refractivity contribution in [2.75, 3.05) is 12.9 Å². The number of hydrogen-bond donors (Lipinski definition) is 1. The monoisotopic (exact) mass is 300 g/mol. The lowest BCUT2D eigenvalue weighted by Crippen LogP contribution is -2.31. The van der Waals surface area contributed by atoms with E-state index in [0.717, 1.165) is 12.2 Å². The van der Waals surface area contributed by atoms with Crippen LogP contribution >= 0.6 is 11.8 Å². The van der Waals surface area contributed by atoms with Gasteiger partial charge in [-0.15, -0.1) is 11.8 Å². The number of carbonyl (C=O) groups is 1. The first-order valence-electron chi connectivity index (χ1n) is 6.81. The predicted molar refractivity (Wildman–Crippen MR) is 82.8 cm³/mol. The molecule has 1 unspecified atom stereocenters. The molecule has 0 saturated carbocycles. The molecule has 1 aliphatic heterocycles. The van der Waals surface area contributed by atoms with Crippen molar-refractivity contribution in [3.8, 4) is 5.88 Å². The van der Waals surface area contributed by atoms with Gasteiger partial charge in [-0.3, -0.25) is 4.79 Å². The number of amides is 1. The smallest absolute Gasteiger partial charge is 0.257 e. The molecule has 1 amide bonds. The molecule has 1 aliphatic rings. The molecule has 0 bridgehead atoms. The molecule has 2 heterocycles. The second-order valence-electron chi connectivity index (χ2n) is 4.76.